The van der Waals surface area contributed by atoms with E-state index in [-0.39, 0.29) is 5.91 Å². The Balaban J connectivity index is 1.65. The van der Waals surface area contributed by atoms with Crippen molar-refractivity contribution in [1.82, 2.24) is 19.6 Å². The summed E-state index contributed by atoms with van der Waals surface area (Å²) in [5.41, 5.74) is 3.33. The van der Waals surface area contributed by atoms with Crippen LogP contribution in [0.1, 0.15) is 21.7 Å². The Kier molecular flexibility index (Phi) is 4.40. The largest absolute Gasteiger partial charge is 0.379 e. The Hall–Kier alpha value is -1.92. The third-order valence-corrected chi connectivity index (χ3v) is 3.99. The number of fused-ring (bicyclic) bond motifs is 1. The van der Waals surface area contributed by atoms with Crippen LogP contribution in [0.15, 0.2) is 18.3 Å². The molecular weight excluding hydrogens is 280 g/mol. The molecule has 0 atom stereocenters. The molecule has 0 radical (unpaired) electrons. The van der Waals surface area contributed by atoms with E-state index in [2.05, 4.69) is 15.2 Å². The molecule has 3 rings (SSSR count). The minimum absolute atomic E-state index is 0.0675. The van der Waals surface area contributed by atoms with E-state index in [4.69, 9.17) is 4.74 Å². The molecule has 118 valence electrons. The number of hydrogen-bond donors (Lipinski definition) is 1. The molecule has 0 aromatic carbocycles. The van der Waals surface area contributed by atoms with Gasteiger partial charge in [-0.25, -0.2) is 4.98 Å². The average Bonchev–Trinajstić information content (AvgIpc) is 2.83. The van der Waals surface area contributed by atoms with E-state index in [1.165, 1.54) is 0 Å². The first-order chi connectivity index (χ1) is 10.6. The van der Waals surface area contributed by atoms with E-state index in [9.17, 15) is 4.79 Å². The van der Waals surface area contributed by atoms with Crippen molar-refractivity contribution in [2.24, 2.45) is 0 Å². The van der Waals surface area contributed by atoms with Gasteiger partial charge in [0.15, 0.2) is 0 Å². The van der Waals surface area contributed by atoms with Crippen molar-refractivity contribution in [2.75, 3.05) is 39.4 Å². The van der Waals surface area contributed by atoms with Crippen molar-refractivity contribution in [1.29, 1.82) is 0 Å². The summed E-state index contributed by atoms with van der Waals surface area (Å²) in [4.78, 5) is 19.2. The molecule has 1 fully saturated rings. The number of morpholine rings is 1. The number of pyridine rings is 1. The highest BCUT2D eigenvalue weighted by atomic mass is 16.5. The van der Waals surface area contributed by atoms with Crippen LogP contribution in [0.3, 0.4) is 0 Å². The van der Waals surface area contributed by atoms with Crippen molar-refractivity contribution in [3.8, 4) is 0 Å². The van der Waals surface area contributed by atoms with E-state index in [0.717, 1.165) is 49.8 Å². The van der Waals surface area contributed by atoms with Gasteiger partial charge in [0.25, 0.3) is 5.91 Å². The predicted molar refractivity (Wildman–Crippen MR) is 84.3 cm³/mol. The molecule has 1 aliphatic heterocycles. The lowest BCUT2D eigenvalue weighted by Crippen LogP contribution is -2.41. The van der Waals surface area contributed by atoms with Gasteiger partial charge in [-0.1, -0.05) is 0 Å². The molecule has 6 nitrogen and oxygen atoms in total. The number of carbonyl (C=O) groups is 1. The van der Waals surface area contributed by atoms with Crippen molar-refractivity contribution in [3.63, 3.8) is 0 Å². The molecular formula is C16H22N4O2. The Morgan fingerprint density at radius 1 is 1.36 bits per heavy atom. The second-order valence-electron chi connectivity index (χ2n) is 5.69. The summed E-state index contributed by atoms with van der Waals surface area (Å²) in [5, 5.41) is 3.00. The SMILES string of the molecule is Cc1ccn2c(C(=O)NCCN3CCOCC3)c(C)nc2c1. The number of amides is 1. The Bertz CT molecular complexity index is 674. The summed E-state index contributed by atoms with van der Waals surface area (Å²) in [6.07, 6.45) is 1.90. The van der Waals surface area contributed by atoms with Crippen LogP contribution < -0.4 is 5.32 Å². The molecule has 0 bridgehead atoms. The summed E-state index contributed by atoms with van der Waals surface area (Å²) < 4.78 is 7.17. The summed E-state index contributed by atoms with van der Waals surface area (Å²) in [6, 6.07) is 3.97. The monoisotopic (exact) mass is 302 g/mol. The van der Waals surface area contributed by atoms with Crippen LogP contribution in [0.5, 0.6) is 0 Å². The van der Waals surface area contributed by atoms with E-state index >= 15 is 0 Å². The van der Waals surface area contributed by atoms with Crippen LogP contribution >= 0.6 is 0 Å². The van der Waals surface area contributed by atoms with Crippen LogP contribution in [0.4, 0.5) is 0 Å². The number of carbonyl (C=O) groups excluding carboxylic acids is 1. The number of ether oxygens (including phenoxy) is 1. The number of aryl methyl sites for hydroxylation is 2. The number of aromatic nitrogens is 2. The third kappa shape index (κ3) is 3.13. The molecule has 1 aliphatic rings. The maximum Gasteiger partial charge on any atom is 0.270 e. The first-order valence-electron chi connectivity index (χ1n) is 7.69. The van der Waals surface area contributed by atoms with Crippen molar-refractivity contribution >= 4 is 11.6 Å². The zero-order chi connectivity index (χ0) is 15.5. The predicted octanol–water partition coefficient (Wildman–Crippen LogP) is 1.01. The van der Waals surface area contributed by atoms with Gasteiger partial charge in [-0.3, -0.25) is 14.1 Å². The minimum atomic E-state index is -0.0675. The van der Waals surface area contributed by atoms with Crippen molar-refractivity contribution in [3.05, 3.63) is 35.3 Å². The zero-order valence-electron chi connectivity index (χ0n) is 13.1. The Morgan fingerprint density at radius 2 is 2.14 bits per heavy atom. The fraction of sp³-hybridized carbons (Fsp3) is 0.500. The fourth-order valence-electron chi connectivity index (χ4n) is 2.77. The summed E-state index contributed by atoms with van der Waals surface area (Å²) in [5.74, 6) is -0.0675. The van der Waals surface area contributed by atoms with Gasteiger partial charge >= 0.3 is 0 Å². The molecule has 1 N–H and O–H groups in total. The van der Waals surface area contributed by atoms with Crippen molar-refractivity contribution in [2.45, 2.75) is 13.8 Å². The molecule has 2 aromatic heterocycles. The van der Waals surface area contributed by atoms with Gasteiger partial charge in [0, 0.05) is 32.4 Å². The third-order valence-electron chi connectivity index (χ3n) is 3.99. The lowest BCUT2D eigenvalue weighted by atomic mass is 10.3. The molecule has 6 heteroatoms. The average molecular weight is 302 g/mol. The molecule has 0 unspecified atom stereocenters. The number of rotatable bonds is 4. The van der Waals surface area contributed by atoms with E-state index in [0.29, 0.717) is 12.2 Å². The van der Waals surface area contributed by atoms with Gasteiger partial charge in [0.05, 0.1) is 18.9 Å². The standard InChI is InChI=1S/C16H22N4O2/c1-12-3-5-20-14(11-12)18-13(2)15(20)16(21)17-4-6-19-7-9-22-10-8-19/h3,5,11H,4,6-10H2,1-2H3,(H,17,21). The quantitative estimate of drug-likeness (QED) is 0.916. The topological polar surface area (TPSA) is 58.9 Å². The van der Waals surface area contributed by atoms with Gasteiger partial charge in [0.2, 0.25) is 0 Å². The highest BCUT2D eigenvalue weighted by Gasteiger charge is 2.17. The minimum Gasteiger partial charge on any atom is -0.379 e. The fourth-order valence-corrected chi connectivity index (χ4v) is 2.77. The van der Waals surface area contributed by atoms with Crippen molar-refractivity contribution < 1.29 is 9.53 Å². The highest BCUT2D eigenvalue weighted by Crippen LogP contribution is 2.13. The highest BCUT2D eigenvalue weighted by molar-refractivity contribution is 5.94. The summed E-state index contributed by atoms with van der Waals surface area (Å²) >= 11 is 0. The maximum atomic E-state index is 12.5. The molecule has 0 spiro atoms. The number of nitrogens with zero attached hydrogens (tertiary/aromatic N) is 3. The van der Waals surface area contributed by atoms with Gasteiger partial charge in [-0.2, -0.15) is 0 Å². The lowest BCUT2D eigenvalue weighted by Gasteiger charge is -2.26. The maximum absolute atomic E-state index is 12.5. The second kappa shape index (κ2) is 6.46. The molecule has 1 saturated heterocycles. The zero-order valence-corrected chi connectivity index (χ0v) is 13.1. The lowest BCUT2D eigenvalue weighted by molar-refractivity contribution is 0.0383. The van der Waals surface area contributed by atoms with Gasteiger partial charge < -0.3 is 10.1 Å². The summed E-state index contributed by atoms with van der Waals surface area (Å²) in [7, 11) is 0. The molecule has 0 aliphatic carbocycles. The van der Waals surface area contributed by atoms with E-state index in [1.807, 2.05) is 36.6 Å². The van der Waals surface area contributed by atoms with Gasteiger partial charge in [0.1, 0.15) is 11.3 Å². The van der Waals surface area contributed by atoms with Crippen LogP contribution in [-0.2, 0) is 4.74 Å². The Morgan fingerprint density at radius 3 is 2.91 bits per heavy atom. The second-order valence-corrected chi connectivity index (χ2v) is 5.69. The number of nitrogens with one attached hydrogen (secondary N) is 1. The number of imidazole rings is 1. The number of hydrogen-bond acceptors (Lipinski definition) is 4. The van der Waals surface area contributed by atoms with Crippen LogP contribution in [0.25, 0.3) is 5.65 Å². The van der Waals surface area contributed by atoms with E-state index < -0.39 is 0 Å². The van der Waals surface area contributed by atoms with Crippen LogP contribution in [-0.4, -0.2) is 59.6 Å². The first-order valence-corrected chi connectivity index (χ1v) is 7.69. The smallest absolute Gasteiger partial charge is 0.270 e. The molecule has 3 heterocycles. The van der Waals surface area contributed by atoms with Crippen LogP contribution in [0.2, 0.25) is 0 Å². The van der Waals surface area contributed by atoms with Crippen LogP contribution in [0, 0.1) is 13.8 Å². The molecule has 22 heavy (non-hydrogen) atoms. The normalized spacial score (nSPS) is 16.1. The molecule has 2 aromatic rings. The molecule has 1 amide bonds. The van der Waals surface area contributed by atoms with Gasteiger partial charge in [-0.05, 0) is 31.5 Å². The summed E-state index contributed by atoms with van der Waals surface area (Å²) in [6.45, 7) is 8.81. The molecule has 0 saturated carbocycles. The van der Waals surface area contributed by atoms with Gasteiger partial charge in [-0.15, -0.1) is 0 Å². The Labute approximate surface area is 130 Å². The first kappa shape index (κ1) is 15.0. The van der Waals surface area contributed by atoms with E-state index in [1.54, 1.807) is 0 Å².